The molecule has 0 atom stereocenters. The van der Waals surface area contributed by atoms with Crippen LogP contribution in [-0.2, 0) is 0 Å². The molecule has 0 radical (unpaired) electrons. The predicted octanol–water partition coefficient (Wildman–Crippen LogP) is 1.82. The maximum atomic E-state index is 12.2. The number of nitrogens with zero attached hydrogens (tertiary/aromatic N) is 4. The highest BCUT2D eigenvalue weighted by Crippen LogP contribution is 2.22. The molecule has 0 spiro atoms. The zero-order valence-corrected chi connectivity index (χ0v) is 10.7. The van der Waals surface area contributed by atoms with Gasteiger partial charge in [0.25, 0.3) is 5.91 Å². The lowest BCUT2D eigenvalue weighted by Gasteiger charge is -2.31. The van der Waals surface area contributed by atoms with E-state index in [0.29, 0.717) is 6.04 Å². The van der Waals surface area contributed by atoms with Crippen LogP contribution in [0.1, 0.15) is 28.6 Å². The first kappa shape index (κ1) is 11.4. The van der Waals surface area contributed by atoms with E-state index >= 15 is 0 Å². The van der Waals surface area contributed by atoms with E-state index in [1.165, 1.54) is 11.3 Å². The third-order valence-corrected chi connectivity index (χ3v) is 4.10. The van der Waals surface area contributed by atoms with Crippen molar-refractivity contribution in [3.63, 3.8) is 0 Å². The Balaban J connectivity index is 1.62. The second kappa shape index (κ2) is 4.89. The van der Waals surface area contributed by atoms with Gasteiger partial charge in [-0.05, 0) is 24.3 Å². The molecule has 1 fully saturated rings. The first-order valence-electron chi connectivity index (χ1n) is 6.03. The van der Waals surface area contributed by atoms with Crippen LogP contribution in [0, 0.1) is 0 Å². The molecule has 0 bridgehead atoms. The van der Waals surface area contributed by atoms with E-state index in [0.717, 1.165) is 30.8 Å². The monoisotopic (exact) mass is 262 g/mol. The summed E-state index contributed by atoms with van der Waals surface area (Å²) in [6.07, 6.45) is 5.24. The number of hydrogen-bond donors (Lipinski definition) is 0. The number of amides is 1. The molecule has 18 heavy (non-hydrogen) atoms. The van der Waals surface area contributed by atoms with Gasteiger partial charge >= 0.3 is 0 Å². The maximum Gasteiger partial charge on any atom is 0.263 e. The average Bonchev–Trinajstić information content (AvgIpc) is 3.11. The zero-order valence-electron chi connectivity index (χ0n) is 9.90. The van der Waals surface area contributed by atoms with Gasteiger partial charge in [0, 0.05) is 13.1 Å². The van der Waals surface area contributed by atoms with Crippen LogP contribution in [0.15, 0.2) is 29.9 Å². The summed E-state index contributed by atoms with van der Waals surface area (Å²) in [4.78, 5) is 16.7. The molecule has 0 N–H and O–H groups in total. The van der Waals surface area contributed by atoms with E-state index in [-0.39, 0.29) is 5.91 Å². The molecule has 0 aliphatic carbocycles. The first-order chi connectivity index (χ1) is 8.84. The van der Waals surface area contributed by atoms with Crippen LogP contribution < -0.4 is 0 Å². The SMILES string of the molecule is O=C(c1cccs1)N1CCC(n2nccn2)CC1. The van der Waals surface area contributed by atoms with E-state index < -0.39 is 0 Å². The Morgan fingerprint density at radius 3 is 2.61 bits per heavy atom. The van der Waals surface area contributed by atoms with Gasteiger partial charge in [0.05, 0.1) is 23.3 Å². The molecule has 0 unspecified atom stereocenters. The van der Waals surface area contributed by atoms with Crippen molar-refractivity contribution in [3.05, 3.63) is 34.8 Å². The highest BCUT2D eigenvalue weighted by atomic mass is 32.1. The number of piperidine rings is 1. The third-order valence-electron chi connectivity index (χ3n) is 3.25. The lowest BCUT2D eigenvalue weighted by Crippen LogP contribution is -2.39. The van der Waals surface area contributed by atoms with Crippen molar-refractivity contribution in [1.82, 2.24) is 19.9 Å². The molecule has 2 aromatic heterocycles. The Morgan fingerprint density at radius 1 is 1.28 bits per heavy atom. The van der Waals surface area contributed by atoms with Gasteiger partial charge in [-0.15, -0.1) is 11.3 Å². The molecule has 6 heteroatoms. The molecule has 3 rings (SSSR count). The Morgan fingerprint density at radius 2 is 2.00 bits per heavy atom. The number of rotatable bonds is 2. The number of carbonyl (C=O) groups excluding carboxylic acids is 1. The molecule has 2 aromatic rings. The molecular formula is C12H14N4OS. The van der Waals surface area contributed by atoms with Crippen molar-refractivity contribution in [2.24, 2.45) is 0 Å². The molecule has 94 valence electrons. The van der Waals surface area contributed by atoms with Crippen molar-refractivity contribution in [2.45, 2.75) is 18.9 Å². The number of hydrogen-bond acceptors (Lipinski definition) is 4. The fourth-order valence-electron chi connectivity index (χ4n) is 2.27. The number of likely N-dealkylation sites (tertiary alicyclic amines) is 1. The Hall–Kier alpha value is -1.69. The summed E-state index contributed by atoms with van der Waals surface area (Å²) >= 11 is 1.50. The third kappa shape index (κ3) is 2.15. The first-order valence-corrected chi connectivity index (χ1v) is 6.91. The standard InChI is InChI=1S/C12H14N4OS/c17-12(11-2-1-9-18-11)15-7-3-10(4-8-15)16-13-5-6-14-16/h1-2,5-6,9-10H,3-4,7-8H2. The van der Waals surface area contributed by atoms with Crippen molar-refractivity contribution in [3.8, 4) is 0 Å². The summed E-state index contributed by atoms with van der Waals surface area (Å²) in [5, 5.41) is 10.3. The van der Waals surface area contributed by atoms with Crippen LogP contribution in [0.5, 0.6) is 0 Å². The van der Waals surface area contributed by atoms with Crippen LogP contribution >= 0.6 is 11.3 Å². The molecule has 1 saturated heterocycles. The minimum Gasteiger partial charge on any atom is -0.338 e. The van der Waals surface area contributed by atoms with E-state index in [2.05, 4.69) is 10.2 Å². The minimum atomic E-state index is 0.150. The molecule has 0 saturated carbocycles. The summed E-state index contributed by atoms with van der Waals surface area (Å²) < 4.78 is 0. The largest absolute Gasteiger partial charge is 0.338 e. The van der Waals surface area contributed by atoms with E-state index in [1.807, 2.05) is 22.4 Å². The topological polar surface area (TPSA) is 51.0 Å². The van der Waals surface area contributed by atoms with E-state index in [9.17, 15) is 4.79 Å². The molecule has 5 nitrogen and oxygen atoms in total. The van der Waals surface area contributed by atoms with Gasteiger partial charge in [0.1, 0.15) is 0 Å². The van der Waals surface area contributed by atoms with Gasteiger partial charge in [0.15, 0.2) is 0 Å². The minimum absolute atomic E-state index is 0.150. The molecule has 0 aromatic carbocycles. The summed E-state index contributed by atoms with van der Waals surface area (Å²) in [7, 11) is 0. The van der Waals surface area contributed by atoms with Crippen LogP contribution in [0.4, 0.5) is 0 Å². The normalized spacial score (nSPS) is 17.0. The van der Waals surface area contributed by atoms with Gasteiger partial charge in [-0.3, -0.25) is 4.79 Å². The fourth-order valence-corrected chi connectivity index (χ4v) is 2.96. The van der Waals surface area contributed by atoms with Crippen LogP contribution in [0.2, 0.25) is 0 Å². The average molecular weight is 262 g/mol. The Kier molecular flexibility index (Phi) is 3.10. The number of aromatic nitrogens is 3. The molecular weight excluding hydrogens is 248 g/mol. The Labute approximate surface area is 109 Å². The molecule has 1 aliphatic heterocycles. The zero-order chi connectivity index (χ0) is 12.4. The Bertz CT molecular complexity index is 500. The predicted molar refractivity (Wildman–Crippen MR) is 68.5 cm³/mol. The number of carbonyl (C=O) groups is 1. The highest BCUT2D eigenvalue weighted by Gasteiger charge is 2.25. The quantitative estimate of drug-likeness (QED) is 0.829. The van der Waals surface area contributed by atoms with Crippen LogP contribution in [-0.4, -0.2) is 38.9 Å². The lowest BCUT2D eigenvalue weighted by atomic mass is 10.1. The molecule has 1 amide bonds. The summed E-state index contributed by atoms with van der Waals surface area (Å²) in [6.45, 7) is 1.56. The second-order valence-electron chi connectivity index (χ2n) is 4.35. The smallest absolute Gasteiger partial charge is 0.263 e. The molecule has 1 aliphatic rings. The van der Waals surface area contributed by atoms with Crippen molar-refractivity contribution in [2.75, 3.05) is 13.1 Å². The van der Waals surface area contributed by atoms with Crippen LogP contribution in [0.3, 0.4) is 0 Å². The van der Waals surface area contributed by atoms with E-state index in [1.54, 1.807) is 17.2 Å². The highest BCUT2D eigenvalue weighted by molar-refractivity contribution is 7.12. The molecule has 3 heterocycles. The van der Waals surface area contributed by atoms with Gasteiger partial charge in [-0.1, -0.05) is 6.07 Å². The summed E-state index contributed by atoms with van der Waals surface area (Å²) in [5.74, 6) is 0.150. The lowest BCUT2D eigenvalue weighted by molar-refractivity contribution is 0.0688. The van der Waals surface area contributed by atoms with Crippen LogP contribution in [0.25, 0.3) is 0 Å². The van der Waals surface area contributed by atoms with Crippen molar-refractivity contribution < 1.29 is 4.79 Å². The van der Waals surface area contributed by atoms with Gasteiger partial charge < -0.3 is 4.90 Å². The van der Waals surface area contributed by atoms with Gasteiger partial charge in [-0.2, -0.15) is 15.0 Å². The summed E-state index contributed by atoms with van der Waals surface area (Å²) in [6, 6.07) is 4.12. The van der Waals surface area contributed by atoms with Crippen molar-refractivity contribution in [1.29, 1.82) is 0 Å². The fraction of sp³-hybridized carbons (Fsp3) is 0.417. The number of thiophene rings is 1. The maximum absolute atomic E-state index is 12.2. The summed E-state index contributed by atoms with van der Waals surface area (Å²) in [5.41, 5.74) is 0. The second-order valence-corrected chi connectivity index (χ2v) is 5.30. The van der Waals surface area contributed by atoms with Gasteiger partial charge in [0.2, 0.25) is 0 Å². The van der Waals surface area contributed by atoms with Gasteiger partial charge in [-0.25, -0.2) is 0 Å². The van der Waals surface area contributed by atoms with Crippen molar-refractivity contribution >= 4 is 17.2 Å². The van der Waals surface area contributed by atoms with E-state index in [4.69, 9.17) is 0 Å².